The van der Waals surface area contributed by atoms with Crippen LogP contribution in [0, 0.1) is 5.41 Å². The summed E-state index contributed by atoms with van der Waals surface area (Å²) in [6.07, 6.45) is 9.76. The van der Waals surface area contributed by atoms with E-state index in [2.05, 4.69) is 55.2 Å². The van der Waals surface area contributed by atoms with Crippen molar-refractivity contribution in [2.24, 2.45) is 0 Å². The average molecular weight is 282 g/mol. The monoisotopic (exact) mass is 282 g/mol. The Balaban J connectivity index is 2.39. The van der Waals surface area contributed by atoms with Gasteiger partial charge in [0.05, 0.1) is 0 Å². The molecule has 0 bridgehead atoms. The highest BCUT2D eigenvalue weighted by molar-refractivity contribution is 6.00. The zero-order chi connectivity index (χ0) is 15.4. The Kier molecular flexibility index (Phi) is 5.00. The van der Waals surface area contributed by atoms with Crippen LogP contribution < -0.4 is 4.90 Å². The fraction of sp³-hybridized carbons (Fsp3) is 0.421. The second-order valence-corrected chi connectivity index (χ2v) is 6.04. The molecule has 1 aromatic rings. The summed E-state index contributed by atoms with van der Waals surface area (Å²) < 4.78 is 0. The maximum atomic E-state index is 8.46. The number of hydrogen-bond donors (Lipinski definition) is 1. The van der Waals surface area contributed by atoms with Crippen LogP contribution >= 0.6 is 0 Å². The first kappa shape index (κ1) is 15.6. The number of nitrogens with zero attached hydrogens (tertiary/aromatic N) is 1. The van der Waals surface area contributed by atoms with Crippen LogP contribution in [0.15, 0.2) is 42.0 Å². The van der Waals surface area contributed by atoms with Gasteiger partial charge < -0.3 is 10.3 Å². The molecule has 112 valence electrons. The third kappa shape index (κ3) is 3.63. The summed E-state index contributed by atoms with van der Waals surface area (Å²) in [5.74, 6) is 0.318. The molecule has 0 saturated carbocycles. The van der Waals surface area contributed by atoms with Crippen molar-refractivity contribution in [3.63, 3.8) is 0 Å². The van der Waals surface area contributed by atoms with Gasteiger partial charge in [0.25, 0.3) is 0 Å². The molecule has 0 heterocycles. The quantitative estimate of drug-likeness (QED) is 0.737. The summed E-state index contributed by atoms with van der Waals surface area (Å²) >= 11 is 0. The van der Waals surface area contributed by atoms with E-state index in [0.29, 0.717) is 5.92 Å². The van der Waals surface area contributed by atoms with Crippen molar-refractivity contribution < 1.29 is 0 Å². The van der Waals surface area contributed by atoms with Gasteiger partial charge in [-0.05, 0) is 37.5 Å². The first-order valence-corrected chi connectivity index (χ1v) is 7.78. The van der Waals surface area contributed by atoms with Gasteiger partial charge in [-0.3, -0.25) is 0 Å². The number of unbranched alkanes of at least 4 members (excludes halogenated alkanes) is 1. The molecule has 1 N–H and O–H groups in total. The number of nitrogens with one attached hydrogen (secondary N) is 1. The summed E-state index contributed by atoms with van der Waals surface area (Å²) in [6, 6.07) is 6.51. The van der Waals surface area contributed by atoms with Gasteiger partial charge >= 0.3 is 0 Å². The normalized spacial score (nSPS) is 17.0. The summed E-state index contributed by atoms with van der Waals surface area (Å²) in [6.45, 7) is 4.31. The summed E-state index contributed by atoms with van der Waals surface area (Å²) in [7, 11) is 4.10. The molecule has 0 amide bonds. The van der Waals surface area contributed by atoms with Gasteiger partial charge in [-0.2, -0.15) is 0 Å². The van der Waals surface area contributed by atoms with Gasteiger partial charge in [-0.25, -0.2) is 0 Å². The molecule has 0 fully saturated rings. The first-order chi connectivity index (χ1) is 10.0. The maximum absolute atomic E-state index is 8.46. The first-order valence-electron chi connectivity index (χ1n) is 7.78. The Labute approximate surface area is 128 Å². The van der Waals surface area contributed by atoms with Gasteiger partial charge in [0, 0.05) is 37.0 Å². The summed E-state index contributed by atoms with van der Waals surface area (Å²) in [5.41, 5.74) is 5.60. The van der Waals surface area contributed by atoms with Crippen molar-refractivity contribution in [1.29, 1.82) is 5.41 Å². The van der Waals surface area contributed by atoms with E-state index >= 15 is 0 Å². The molecule has 1 aromatic carbocycles. The lowest BCUT2D eigenvalue weighted by Crippen LogP contribution is -2.12. The van der Waals surface area contributed by atoms with Crippen LogP contribution in [0.4, 0.5) is 5.69 Å². The van der Waals surface area contributed by atoms with E-state index in [1.165, 1.54) is 11.1 Å². The van der Waals surface area contributed by atoms with Crippen molar-refractivity contribution in [3.05, 3.63) is 53.1 Å². The fourth-order valence-corrected chi connectivity index (χ4v) is 2.71. The SMILES string of the molecule is CCCCC(=N)c1cc(N(C)C)ccc1C1C=CC(C)=C1. The van der Waals surface area contributed by atoms with Crippen LogP contribution in [0.3, 0.4) is 0 Å². The third-order valence-electron chi connectivity index (χ3n) is 4.03. The Morgan fingerprint density at radius 1 is 1.29 bits per heavy atom. The highest BCUT2D eigenvalue weighted by Crippen LogP contribution is 2.31. The predicted octanol–water partition coefficient (Wildman–Crippen LogP) is 4.91. The highest BCUT2D eigenvalue weighted by Gasteiger charge is 2.17. The van der Waals surface area contributed by atoms with Crippen LogP contribution in [-0.4, -0.2) is 19.8 Å². The lowest BCUT2D eigenvalue weighted by atomic mass is 9.90. The van der Waals surface area contributed by atoms with Gasteiger partial charge in [0.1, 0.15) is 0 Å². The number of benzene rings is 1. The fourth-order valence-electron chi connectivity index (χ4n) is 2.71. The lowest BCUT2D eigenvalue weighted by Gasteiger charge is -2.19. The topological polar surface area (TPSA) is 27.1 Å². The van der Waals surface area contributed by atoms with E-state index in [1.54, 1.807) is 0 Å². The minimum Gasteiger partial charge on any atom is -0.378 e. The molecule has 0 radical (unpaired) electrons. The number of hydrogen-bond acceptors (Lipinski definition) is 2. The van der Waals surface area contributed by atoms with Crippen LogP contribution in [-0.2, 0) is 0 Å². The van der Waals surface area contributed by atoms with Crippen molar-refractivity contribution in [1.82, 2.24) is 0 Å². The third-order valence-corrected chi connectivity index (χ3v) is 4.03. The largest absolute Gasteiger partial charge is 0.378 e. The lowest BCUT2D eigenvalue weighted by molar-refractivity contribution is 0.832. The molecule has 0 saturated heterocycles. The van der Waals surface area contributed by atoms with Gasteiger partial charge in [0.15, 0.2) is 0 Å². The van der Waals surface area contributed by atoms with Gasteiger partial charge in [-0.15, -0.1) is 0 Å². The van der Waals surface area contributed by atoms with E-state index in [4.69, 9.17) is 5.41 Å². The molecule has 1 atom stereocenters. The van der Waals surface area contributed by atoms with Crippen LogP contribution in [0.5, 0.6) is 0 Å². The van der Waals surface area contributed by atoms with Crippen molar-refractivity contribution in [2.45, 2.75) is 39.0 Å². The molecule has 0 aliphatic heterocycles. The van der Waals surface area contributed by atoms with Crippen LogP contribution in [0.1, 0.15) is 50.2 Å². The number of allylic oxidation sites excluding steroid dienone is 4. The van der Waals surface area contributed by atoms with E-state index < -0.39 is 0 Å². The van der Waals surface area contributed by atoms with Crippen LogP contribution in [0.2, 0.25) is 0 Å². The number of anilines is 1. The van der Waals surface area contributed by atoms with E-state index in [-0.39, 0.29) is 0 Å². The standard InChI is InChI=1S/C19H26N2/c1-5-6-7-19(20)18-13-16(21(3)4)10-11-17(18)15-9-8-14(2)12-15/h8-13,15,20H,5-7H2,1-4H3. The van der Waals surface area contributed by atoms with Crippen molar-refractivity contribution in [2.75, 3.05) is 19.0 Å². The van der Waals surface area contributed by atoms with E-state index in [9.17, 15) is 0 Å². The average Bonchev–Trinajstić information content (AvgIpc) is 2.90. The Morgan fingerprint density at radius 3 is 2.62 bits per heavy atom. The molecular weight excluding hydrogens is 256 g/mol. The van der Waals surface area contributed by atoms with E-state index in [0.717, 1.165) is 36.2 Å². The smallest absolute Gasteiger partial charge is 0.0390 e. The Bertz CT molecular complexity index is 579. The molecule has 2 rings (SSSR count). The Hall–Kier alpha value is -1.83. The van der Waals surface area contributed by atoms with Gasteiger partial charge in [-0.1, -0.05) is 43.2 Å². The zero-order valence-electron chi connectivity index (χ0n) is 13.6. The molecule has 1 aliphatic rings. The van der Waals surface area contributed by atoms with Gasteiger partial charge in [0.2, 0.25) is 0 Å². The summed E-state index contributed by atoms with van der Waals surface area (Å²) in [5, 5.41) is 8.46. The zero-order valence-corrected chi connectivity index (χ0v) is 13.6. The number of rotatable bonds is 6. The molecule has 1 unspecified atom stereocenters. The minimum absolute atomic E-state index is 0.318. The highest BCUT2D eigenvalue weighted by atomic mass is 15.1. The molecule has 2 heteroatoms. The molecule has 1 aliphatic carbocycles. The minimum atomic E-state index is 0.318. The predicted molar refractivity (Wildman–Crippen MR) is 92.8 cm³/mol. The maximum Gasteiger partial charge on any atom is 0.0390 e. The second-order valence-electron chi connectivity index (χ2n) is 6.04. The van der Waals surface area contributed by atoms with Crippen molar-refractivity contribution >= 4 is 11.4 Å². The molecule has 0 spiro atoms. The van der Waals surface area contributed by atoms with E-state index in [1.807, 2.05) is 14.1 Å². The van der Waals surface area contributed by atoms with Crippen molar-refractivity contribution in [3.8, 4) is 0 Å². The summed E-state index contributed by atoms with van der Waals surface area (Å²) in [4.78, 5) is 2.10. The second kappa shape index (κ2) is 6.75. The molecular formula is C19H26N2. The molecule has 0 aromatic heterocycles. The molecule has 21 heavy (non-hydrogen) atoms. The molecule has 2 nitrogen and oxygen atoms in total. The Morgan fingerprint density at radius 2 is 2.05 bits per heavy atom. The van der Waals surface area contributed by atoms with Crippen LogP contribution in [0.25, 0.3) is 0 Å².